The topological polar surface area (TPSA) is 20.7 Å². The second kappa shape index (κ2) is 8.07. The molecule has 0 amide bonds. The summed E-state index contributed by atoms with van der Waals surface area (Å²) >= 11 is 24.2. The molecule has 7 heteroatoms. The Morgan fingerprint density at radius 3 is 2.12 bits per heavy atom. The van der Waals surface area contributed by atoms with E-state index in [4.69, 9.17) is 47.0 Å². The number of halogens is 4. The van der Waals surface area contributed by atoms with E-state index in [9.17, 15) is 0 Å². The SMILES string of the molecule is Br.CCc1c(-c2ccc(Cl)cc2)[nH]c(=S)n1-c1c(Cl)cccc1Cl. The molecule has 0 fully saturated rings. The molecule has 0 aliphatic heterocycles. The first-order valence-corrected chi connectivity index (χ1v) is 8.61. The van der Waals surface area contributed by atoms with Gasteiger partial charge < -0.3 is 4.98 Å². The predicted octanol–water partition coefficient (Wildman–Crippen LogP) is 7.30. The van der Waals surface area contributed by atoms with E-state index in [-0.39, 0.29) is 17.0 Å². The Balaban J connectivity index is 0.00000208. The summed E-state index contributed by atoms with van der Waals surface area (Å²) in [5.74, 6) is 0. The van der Waals surface area contributed by atoms with Crippen LogP contribution in [0.4, 0.5) is 0 Å². The summed E-state index contributed by atoms with van der Waals surface area (Å²) in [5, 5.41) is 1.81. The molecule has 1 N–H and O–H groups in total. The fourth-order valence-corrected chi connectivity index (χ4v) is 3.59. The molecule has 0 spiro atoms. The third kappa shape index (κ3) is 3.58. The minimum absolute atomic E-state index is 0. The maximum absolute atomic E-state index is 6.36. The van der Waals surface area contributed by atoms with Gasteiger partial charge in [0.05, 0.1) is 21.4 Å². The van der Waals surface area contributed by atoms with Crippen LogP contribution in [0.3, 0.4) is 0 Å². The Bertz CT molecular complexity index is 896. The number of imidazole rings is 1. The summed E-state index contributed by atoms with van der Waals surface area (Å²) in [7, 11) is 0. The number of para-hydroxylation sites is 1. The average molecular weight is 465 g/mol. The number of hydrogen-bond acceptors (Lipinski definition) is 1. The molecule has 24 heavy (non-hydrogen) atoms. The molecule has 0 unspecified atom stereocenters. The molecular formula is C17H14BrCl3N2S. The highest BCUT2D eigenvalue weighted by atomic mass is 79.9. The van der Waals surface area contributed by atoms with Gasteiger partial charge in [-0.3, -0.25) is 4.57 Å². The number of benzene rings is 2. The summed E-state index contributed by atoms with van der Waals surface area (Å²) < 4.78 is 2.46. The van der Waals surface area contributed by atoms with Gasteiger partial charge in [-0.2, -0.15) is 0 Å². The molecule has 1 heterocycles. The predicted molar refractivity (Wildman–Crippen MR) is 111 cm³/mol. The lowest BCUT2D eigenvalue weighted by atomic mass is 10.1. The highest BCUT2D eigenvalue weighted by Gasteiger charge is 2.17. The molecule has 0 aliphatic carbocycles. The van der Waals surface area contributed by atoms with Gasteiger partial charge in [0.1, 0.15) is 0 Å². The summed E-state index contributed by atoms with van der Waals surface area (Å²) in [6.07, 6.45) is 0.770. The number of nitrogens with one attached hydrogen (secondary N) is 1. The lowest BCUT2D eigenvalue weighted by Crippen LogP contribution is -2.02. The molecule has 0 bridgehead atoms. The minimum atomic E-state index is 0. The van der Waals surface area contributed by atoms with Crippen LogP contribution in [-0.2, 0) is 6.42 Å². The van der Waals surface area contributed by atoms with Gasteiger partial charge in [0, 0.05) is 10.7 Å². The zero-order chi connectivity index (χ0) is 16.6. The van der Waals surface area contributed by atoms with Gasteiger partial charge in [-0.15, -0.1) is 17.0 Å². The average Bonchev–Trinajstić information content (AvgIpc) is 2.85. The number of hydrogen-bond donors (Lipinski definition) is 1. The molecule has 3 aromatic rings. The van der Waals surface area contributed by atoms with E-state index >= 15 is 0 Å². The van der Waals surface area contributed by atoms with Crippen LogP contribution in [0.25, 0.3) is 16.9 Å². The van der Waals surface area contributed by atoms with Crippen LogP contribution in [0.5, 0.6) is 0 Å². The zero-order valence-electron chi connectivity index (χ0n) is 12.6. The first-order chi connectivity index (χ1) is 11.0. The van der Waals surface area contributed by atoms with E-state index in [1.807, 2.05) is 34.9 Å². The summed E-state index contributed by atoms with van der Waals surface area (Å²) in [4.78, 5) is 3.27. The van der Waals surface area contributed by atoms with Crippen LogP contribution in [-0.4, -0.2) is 9.55 Å². The van der Waals surface area contributed by atoms with Gasteiger partial charge in [0.2, 0.25) is 0 Å². The van der Waals surface area contributed by atoms with Crippen molar-refractivity contribution in [1.29, 1.82) is 0 Å². The van der Waals surface area contributed by atoms with Gasteiger partial charge in [0.25, 0.3) is 0 Å². The normalized spacial score (nSPS) is 10.5. The number of aromatic nitrogens is 2. The summed E-state index contributed by atoms with van der Waals surface area (Å²) in [6, 6.07) is 13.1. The fraction of sp³-hybridized carbons (Fsp3) is 0.118. The Hall–Kier alpha value is -0.780. The van der Waals surface area contributed by atoms with E-state index in [1.165, 1.54) is 0 Å². The Morgan fingerprint density at radius 2 is 1.58 bits per heavy atom. The molecule has 2 aromatic carbocycles. The first-order valence-electron chi connectivity index (χ1n) is 7.07. The van der Waals surface area contributed by atoms with Crippen molar-refractivity contribution in [1.82, 2.24) is 9.55 Å². The minimum Gasteiger partial charge on any atom is -0.330 e. The molecule has 0 saturated heterocycles. The number of nitrogens with zero attached hydrogens (tertiary/aromatic N) is 1. The summed E-state index contributed by atoms with van der Waals surface area (Å²) in [6.45, 7) is 2.07. The van der Waals surface area contributed by atoms with Gasteiger partial charge >= 0.3 is 0 Å². The molecule has 3 rings (SSSR count). The van der Waals surface area contributed by atoms with E-state index in [0.717, 1.165) is 23.4 Å². The molecule has 0 aliphatic rings. The fourth-order valence-electron chi connectivity index (χ4n) is 2.60. The third-order valence-electron chi connectivity index (χ3n) is 3.62. The van der Waals surface area contributed by atoms with Crippen LogP contribution in [0, 0.1) is 4.77 Å². The number of H-pyrrole nitrogens is 1. The van der Waals surface area contributed by atoms with Gasteiger partial charge in [-0.05, 0) is 48.5 Å². The second-order valence-electron chi connectivity index (χ2n) is 5.02. The molecule has 0 radical (unpaired) electrons. The van der Waals surface area contributed by atoms with Crippen LogP contribution < -0.4 is 0 Å². The van der Waals surface area contributed by atoms with Crippen LogP contribution >= 0.6 is 64.0 Å². The van der Waals surface area contributed by atoms with E-state index in [0.29, 0.717) is 25.5 Å². The monoisotopic (exact) mass is 462 g/mol. The summed E-state index contributed by atoms with van der Waals surface area (Å²) in [5.41, 5.74) is 3.69. The van der Waals surface area contributed by atoms with Gasteiger partial charge in [-0.25, -0.2) is 0 Å². The lowest BCUT2D eigenvalue weighted by Gasteiger charge is -2.12. The first kappa shape index (κ1) is 19.5. The molecule has 0 atom stereocenters. The zero-order valence-corrected chi connectivity index (χ0v) is 17.4. The number of aromatic amines is 1. The maximum atomic E-state index is 6.36. The van der Waals surface area contributed by atoms with Crippen LogP contribution in [0.1, 0.15) is 12.6 Å². The van der Waals surface area contributed by atoms with Gasteiger partial charge in [0.15, 0.2) is 4.77 Å². The van der Waals surface area contributed by atoms with E-state index in [1.54, 1.807) is 12.1 Å². The molecule has 1 aromatic heterocycles. The van der Waals surface area contributed by atoms with Crippen LogP contribution in [0.15, 0.2) is 42.5 Å². The standard InChI is InChI=1S/C17H13Cl3N2S.BrH/c1-2-14-15(10-6-8-11(18)9-7-10)21-17(23)22(14)16-12(19)4-3-5-13(16)20;/h3-9H,2H2,1H3,(H,21,23);1H. The van der Waals surface area contributed by atoms with Crippen molar-refractivity contribution in [3.63, 3.8) is 0 Å². The van der Waals surface area contributed by atoms with Crippen molar-refractivity contribution in [2.75, 3.05) is 0 Å². The Labute approximate surface area is 171 Å². The van der Waals surface area contributed by atoms with Gasteiger partial charge in [-0.1, -0.05) is 59.9 Å². The van der Waals surface area contributed by atoms with Crippen molar-refractivity contribution in [3.05, 3.63) is 68.0 Å². The van der Waals surface area contributed by atoms with Crippen molar-refractivity contribution in [2.45, 2.75) is 13.3 Å². The van der Waals surface area contributed by atoms with E-state index < -0.39 is 0 Å². The maximum Gasteiger partial charge on any atom is 0.182 e. The van der Waals surface area contributed by atoms with Crippen LogP contribution in [0.2, 0.25) is 15.1 Å². The second-order valence-corrected chi connectivity index (χ2v) is 6.66. The number of rotatable bonds is 3. The molecule has 0 saturated carbocycles. The van der Waals surface area contributed by atoms with E-state index in [2.05, 4.69) is 11.9 Å². The molecule has 126 valence electrons. The highest BCUT2D eigenvalue weighted by molar-refractivity contribution is 8.93. The third-order valence-corrected chi connectivity index (χ3v) is 4.77. The van der Waals surface area contributed by atoms with Crippen molar-refractivity contribution in [2.24, 2.45) is 0 Å². The molecule has 2 nitrogen and oxygen atoms in total. The Morgan fingerprint density at radius 1 is 1.00 bits per heavy atom. The highest BCUT2D eigenvalue weighted by Crippen LogP contribution is 2.33. The smallest absolute Gasteiger partial charge is 0.182 e. The lowest BCUT2D eigenvalue weighted by molar-refractivity contribution is 0.923. The quantitative estimate of drug-likeness (QED) is 0.403. The van der Waals surface area contributed by atoms with Crippen molar-refractivity contribution >= 4 is 64.0 Å². The van der Waals surface area contributed by atoms with Crippen molar-refractivity contribution in [3.8, 4) is 16.9 Å². The van der Waals surface area contributed by atoms with Crippen molar-refractivity contribution < 1.29 is 0 Å². The largest absolute Gasteiger partial charge is 0.330 e. The molecular weight excluding hydrogens is 451 g/mol. The Kier molecular flexibility index (Phi) is 6.57.